The highest BCUT2D eigenvalue weighted by Gasteiger charge is 2.22. The van der Waals surface area contributed by atoms with Crippen LogP contribution >= 0.6 is 23.4 Å². The first-order valence-electron chi connectivity index (χ1n) is 10.8. The summed E-state index contributed by atoms with van der Waals surface area (Å²) >= 11 is 7.96. The molecule has 1 aliphatic rings. The molecule has 1 N–H and O–H groups in total. The molecule has 0 radical (unpaired) electrons. The third-order valence-electron chi connectivity index (χ3n) is 4.77. The van der Waals surface area contributed by atoms with Crippen LogP contribution in [0.4, 0.5) is 5.82 Å². The average molecular weight is 486 g/mol. The Bertz CT molecular complexity index is 1080. The Hall–Kier alpha value is -2.77. The number of nitrogens with one attached hydrogen (secondary N) is 1. The number of carbonyl (C=O) groups excluding carboxylic acids is 1. The normalized spacial score (nSPS) is 14.1. The van der Waals surface area contributed by atoms with Gasteiger partial charge in [0.15, 0.2) is 11.5 Å². The molecule has 2 aromatic heterocycles. The van der Waals surface area contributed by atoms with Gasteiger partial charge in [0.2, 0.25) is 0 Å². The molecule has 1 amide bonds. The number of pyridine rings is 1. The largest absolute Gasteiger partial charge is 0.373 e. The van der Waals surface area contributed by atoms with Gasteiger partial charge in [-0.2, -0.15) is 4.52 Å². The lowest BCUT2D eigenvalue weighted by Crippen LogP contribution is -2.36. The van der Waals surface area contributed by atoms with E-state index >= 15 is 0 Å². The van der Waals surface area contributed by atoms with E-state index < -0.39 is 5.50 Å². The van der Waals surface area contributed by atoms with Crippen molar-refractivity contribution in [1.29, 1.82) is 0 Å². The van der Waals surface area contributed by atoms with Crippen LogP contribution in [0.3, 0.4) is 0 Å². The van der Waals surface area contributed by atoms with Crippen molar-refractivity contribution in [2.45, 2.75) is 39.1 Å². The van der Waals surface area contributed by atoms with Crippen molar-refractivity contribution >= 4 is 45.6 Å². The summed E-state index contributed by atoms with van der Waals surface area (Å²) in [5.74, 6) is 1.25. The third kappa shape index (κ3) is 7.11. The van der Waals surface area contributed by atoms with Crippen molar-refractivity contribution in [2.24, 2.45) is 0 Å². The fourth-order valence-electron chi connectivity index (χ4n) is 3.10. The minimum absolute atomic E-state index is 0.120. The van der Waals surface area contributed by atoms with Gasteiger partial charge in [-0.15, -0.1) is 5.10 Å². The van der Waals surface area contributed by atoms with Crippen molar-refractivity contribution in [2.75, 3.05) is 18.9 Å². The van der Waals surface area contributed by atoms with Gasteiger partial charge in [-0.25, -0.2) is 4.98 Å². The smallest absolute Gasteiger partial charge is 0.255 e. The Labute approximate surface area is 205 Å². The molecule has 1 atom stereocenters. The molecule has 0 aliphatic carbocycles. The first kappa shape index (κ1) is 26.5. The molecule has 0 fully saturated rings. The lowest BCUT2D eigenvalue weighted by molar-refractivity contribution is 0.0746. The van der Waals surface area contributed by atoms with E-state index in [0.29, 0.717) is 29.4 Å². The number of aromatic nitrogens is 3. The fraction of sp³-hybridized carbons (Fsp3) is 0.320. The number of allylic oxidation sites excluding steroid dienone is 6. The number of hydrogen-bond acceptors (Lipinski definition) is 5. The van der Waals surface area contributed by atoms with E-state index in [-0.39, 0.29) is 5.91 Å². The predicted octanol–water partition coefficient (Wildman–Crippen LogP) is 6.50. The molecule has 1 aliphatic heterocycles. The summed E-state index contributed by atoms with van der Waals surface area (Å²) in [7, 11) is 1.81. The van der Waals surface area contributed by atoms with Crippen molar-refractivity contribution in [3.63, 3.8) is 0 Å². The number of fused-ring (bicyclic) bond motifs is 1. The van der Waals surface area contributed by atoms with Gasteiger partial charge < -0.3 is 10.2 Å². The molecule has 2 aromatic rings. The molecule has 33 heavy (non-hydrogen) atoms. The second kappa shape index (κ2) is 13.1. The van der Waals surface area contributed by atoms with E-state index in [4.69, 9.17) is 11.6 Å². The van der Waals surface area contributed by atoms with Crippen LogP contribution in [-0.2, 0) is 0 Å². The Morgan fingerprint density at radius 3 is 2.67 bits per heavy atom. The monoisotopic (exact) mass is 485 g/mol. The van der Waals surface area contributed by atoms with E-state index in [0.717, 1.165) is 17.7 Å². The maximum Gasteiger partial charge on any atom is 0.255 e. The fourth-order valence-corrected chi connectivity index (χ4v) is 4.17. The molecular weight excluding hydrogens is 454 g/mol. The zero-order valence-electron chi connectivity index (χ0n) is 19.7. The van der Waals surface area contributed by atoms with Crippen LogP contribution in [0.25, 0.3) is 10.6 Å². The number of carbonyl (C=O) groups is 1. The molecule has 0 aromatic carbocycles. The number of hydrogen-bond donors (Lipinski definition) is 1. The molecule has 0 spiro atoms. The topological polar surface area (TPSA) is 62.5 Å². The molecule has 176 valence electrons. The Morgan fingerprint density at radius 2 is 2.09 bits per heavy atom. The van der Waals surface area contributed by atoms with Gasteiger partial charge in [-0.3, -0.25) is 4.79 Å². The van der Waals surface area contributed by atoms with Crippen LogP contribution in [0.15, 0.2) is 66.7 Å². The molecular formula is C25H32ClN5OS. The molecule has 3 rings (SSSR count). The summed E-state index contributed by atoms with van der Waals surface area (Å²) in [5.41, 5.74) is 0.753. The number of thioether (sulfide) groups is 1. The summed E-state index contributed by atoms with van der Waals surface area (Å²) in [5, 5.41) is 7.77. The number of rotatable bonds is 8. The van der Waals surface area contributed by atoms with Gasteiger partial charge >= 0.3 is 0 Å². The highest BCUT2D eigenvalue weighted by molar-refractivity contribution is 8.11. The Balaban J connectivity index is 0.000000890. The third-order valence-corrected chi connectivity index (χ3v) is 6.06. The second-order valence-corrected chi connectivity index (χ2v) is 9.13. The first-order valence-corrected chi connectivity index (χ1v) is 12.0. The van der Waals surface area contributed by atoms with Crippen LogP contribution in [0.5, 0.6) is 0 Å². The highest BCUT2D eigenvalue weighted by atomic mass is 35.5. The highest BCUT2D eigenvalue weighted by Crippen LogP contribution is 2.36. The van der Waals surface area contributed by atoms with E-state index in [1.165, 1.54) is 4.91 Å². The van der Waals surface area contributed by atoms with Gasteiger partial charge in [0, 0.05) is 19.2 Å². The van der Waals surface area contributed by atoms with E-state index in [2.05, 4.69) is 47.6 Å². The number of halogens is 1. The summed E-state index contributed by atoms with van der Waals surface area (Å²) in [6.07, 6.45) is 13.2. The number of anilines is 1. The summed E-state index contributed by atoms with van der Waals surface area (Å²) < 4.78 is 1.73. The first-order chi connectivity index (χ1) is 15.9. The zero-order valence-corrected chi connectivity index (χ0v) is 21.3. The minimum atomic E-state index is -0.408. The van der Waals surface area contributed by atoms with Crippen molar-refractivity contribution in [1.82, 2.24) is 19.5 Å². The van der Waals surface area contributed by atoms with Crippen molar-refractivity contribution in [3.05, 3.63) is 78.0 Å². The molecule has 3 heterocycles. The van der Waals surface area contributed by atoms with Gasteiger partial charge in [-0.05, 0) is 50.7 Å². The summed E-state index contributed by atoms with van der Waals surface area (Å²) in [6, 6.07) is 3.57. The lowest BCUT2D eigenvalue weighted by Gasteiger charge is -2.25. The lowest BCUT2D eigenvalue weighted by atomic mass is 10.2. The van der Waals surface area contributed by atoms with Crippen molar-refractivity contribution < 1.29 is 4.79 Å². The molecule has 0 bridgehead atoms. The molecule has 6 nitrogen and oxygen atoms in total. The van der Waals surface area contributed by atoms with Crippen LogP contribution in [0.2, 0.25) is 0 Å². The standard InChI is InChI=1S/C21H26ClN5OS.C4H6/c1-5-6-7-11-26(15(3)22)21(28)16-12-18(23-4)27-19(13-16)24-20(25-27)17-10-8-9-14(2)29-17;1-3-4-2/h5-6,9-10,12-13,15,23H,7-8,11H2,1-4H3;3-4H,1-2H2/b6-5-;. The summed E-state index contributed by atoms with van der Waals surface area (Å²) in [6.45, 7) is 13.1. The average Bonchev–Trinajstić information content (AvgIpc) is 3.25. The Kier molecular flexibility index (Phi) is 10.5. The minimum Gasteiger partial charge on any atom is -0.373 e. The maximum absolute atomic E-state index is 13.2. The van der Waals surface area contributed by atoms with E-state index in [1.54, 1.807) is 52.5 Å². The zero-order chi connectivity index (χ0) is 24.4. The van der Waals surface area contributed by atoms with Crippen LogP contribution < -0.4 is 5.32 Å². The number of nitrogens with zero attached hydrogens (tertiary/aromatic N) is 4. The quantitative estimate of drug-likeness (QED) is 0.200. The molecule has 8 heteroatoms. The molecule has 1 unspecified atom stereocenters. The van der Waals surface area contributed by atoms with Gasteiger partial charge in [0.05, 0.1) is 4.91 Å². The number of alkyl halides is 1. The van der Waals surface area contributed by atoms with Gasteiger partial charge in [0.1, 0.15) is 11.3 Å². The second-order valence-electron chi connectivity index (χ2n) is 7.21. The van der Waals surface area contributed by atoms with Crippen LogP contribution in [-0.4, -0.2) is 44.5 Å². The predicted molar refractivity (Wildman–Crippen MR) is 143 cm³/mol. The van der Waals surface area contributed by atoms with Gasteiger partial charge in [0.25, 0.3) is 5.91 Å². The van der Waals surface area contributed by atoms with Gasteiger partial charge in [-0.1, -0.05) is 73.0 Å². The van der Waals surface area contributed by atoms with E-state index in [9.17, 15) is 4.79 Å². The maximum atomic E-state index is 13.2. The van der Waals surface area contributed by atoms with Crippen molar-refractivity contribution in [3.8, 4) is 0 Å². The molecule has 0 saturated carbocycles. The van der Waals surface area contributed by atoms with Crippen LogP contribution in [0, 0.1) is 0 Å². The molecule has 0 saturated heterocycles. The van der Waals surface area contributed by atoms with E-state index in [1.807, 2.05) is 26.0 Å². The SMILES string of the molecule is C/C=C\CCN(C(=O)c1cc(NC)n2nc(C3=CCC=C(C)S3)nc2c1)C(C)Cl.C=CC=C. The number of amides is 1. The Morgan fingerprint density at radius 1 is 1.36 bits per heavy atom. The van der Waals surface area contributed by atoms with Crippen LogP contribution in [0.1, 0.15) is 49.8 Å². The summed E-state index contributed by atoms with van der Waals surface area (Å²) in [4.78, 5) is 21.8.